The van der Waals surface area contributed by atoms with E-state index in [1.807, 2.05) is 0 Å². The minimum absolute atomic E-state index is 0.0795. The third kappa shape index (κ3) is 3.92. The number of carbonyl (C=O) groups is 1. The van der Waals surface area contributed by atoms with E-state index in [0.717, 1.165) is 11.1 Å². The zero-order valence-electron chi connectivity index (χ0n) is 12.4. The molecular formula is C16H17FN2O2S. The van der Waals surface area contributed by atoms with Gasteiger partial charge in [0.2, 0.25) is 0 Å². The van der Waals surface area contributed by atoms with Crippen molar-refractivity contribution >= 4 is 23.0 Å². The number of hydrogen-bond donors (Lipinski definition) is 1. The van der Waals surface area contributed by atoms with Gasteiger partial charge in [-0.25, -0.2) is 4.39 Å². The fraction of sp³-hybridized carbons (Fsp3) is 0.250. The molecule has 0 aliphatic heterocycles. The van der Waals surface area contributed by atoms with Crippen molar-refractivity contribution in [3.8, 4) is 0 Å². The predicted octanol–water partition coefficient (Wildman–Crippen LogP) is 3.40. The molecule has 0 aliphatic carbocycles. The largest absolute Gasteiger partial charge is 0.411 e. The Kier molecular flexibility index (Phi) is 5.27. The average molecular weight is 320 g/mol. The molecule has 0 spiro atoms. The number of likely N-dealkylation sites (N-methyl/N-ethyl adjacent to an activating group) is 1. The van der Waals surface area contributed by atoms with Gasteiger partial charge in [0.05, 0.1) is 10.6 Å². The van der Waals surface area contributed by atoms with Gasteiger partial charge in [-0.2, -0.15) is 0 Å². The molecule has 6 heteroatoms. The van der Waals surface area contributed by atoms with Gasteiger partial charge >= 0.3 is 0 Å². The number of benzene rings is 1. The van der Waals surface area contributed by atoms with Gasteiger partial charge in [0.1, 0.15) is 5.82 Å². The molecule has 0 atom stereocenters. The van der Waals surface area contributed by atoms with Gasteiger partial charge in [-0.1, -0.05) is 17.3 Å². The summed E-state index contributed by atoms with van der Waals surface area (Å²) in [5, 5.41) is 13.7. The van der Waals surface area contributed by atoms with Crippen molar-refractivity contribution in [2.45, 2.75) is 13.3 Å². The first-order chi connectivity index (χ1) is 10.5. The van der Waals surface area contributed by atoms with E-state index < -0.39 is 0 Å². The lowest BCUT2D eigenvalue weighted by Crippen LogP contribution is -2.28. The standard InChI is InChI=1S/C16H17FN2O2S/c1-11(18-21)13-9-15(22-10-13)16(20)19(2)8-7-12-3-5-14(17)6-4-12/h3-6,9-10,21H,7-8H2,1-2H3. The Morgan fingerprint density at radius 1 is 1.36 bits per heavy atom. The second kappa shape index (κ2) is 7.17. The zero-order valence-corrected chi connectivity index (χ0v) is 13.2. The monoisotopic (exact) mass is 320 g/mol. The SMILES string of the molecule is CC(=NO)c1csc(C(=O)N(C)CCc2ccc(F)cc2)c1. The summed E-state index contributed by atoms with van der Waals surface area (Å²) in [6, 6.07) is 7.99. The zero-order chi connectivity index (χ0) is 16.1. The van der Waals surface area contributed by atoms with Gasteiger partial charge in [0.15, 0.2) is 0 Å². The van der Waals surface area contributed by atoms with Crippen molar-refractivity contribution in [3.63, 3.8) is 0 Å². The Labute approximate surface area is 132 Å². The Morgan fingerprint density at radius 2 is 2.05 bits per heavy atom. The Bertz CT molecular complexity index is 680. The molecule has 0 aliphatic rings. The summed E-state index contributed by atoms with van der Waals surface area (Å²) >= 11 is 1.32. The molecule has 0 saturated heterocycles. The van der Waals surface area contributed by atoms with Crippen molar-refractivity contribution in [1.82, 2.24) is 4.90 Å². The second-order valence-electron chi connectivity index (χ2n) is 4.99. The Morgan fingerprint density at radius 3 is 2.68 bits per heavy atom. The van der Waals surface area contributed by atoms with Gasteiger partial charge in [-0.3, -0.25) is 4.79 Å². The first kappa shape index (κ1) is 16.2. The number of halogens is 1. The number of carbonyl (C=O) groups excluding carboxylic acids is 1. The molecule has 0 radical (unpaired) electrons. The lowest BCUT2D eigenvalue weighted by Gasteiger charge is -2.16. The quantitative estimate of drug-likeness (QED) is 0.521. The number of thiophene rings is 1. The molecule has 0 saturated carbocycles. The molecule has 1 aromatic carbocycles. The fourth-order valence-corrected chi connectivity index (χ4v) is 2.88. The lowest BCUT2D eigenvalue weighted by molar-refractivity contribution is 0.0801. The molecule has 4 nitrogen and oxygen atoms in total. The Balaban J connectivity index is 1.97. The first-order valence-corrected chi connectivity index (χ1v) is 7.66. The number of nitrogens with zero attached hydrogens (tertiary/aromatic N) is 2. The number of rotatable bonds is 5. The minimum Gasteiger partial charge on any atom is -0.411 e. The van der Waals surface area contributed by atoms with Crippen LogP contribution >= 0.6 is 11.3 Å². The van der Waals surface area contributed by atoms with Gasteiger partial charge < -0.3 is 10.1 Å². The normalized spacial score (nSPS) is 11.5. The Hall–Kier alpha value is -2.21. The van der Waals surface area contributed by atoms with Crippen LogP contribution in [0.2, 0.25) is 0 Å². The summed E-state index contributed by atoms with van der Waals surface area (Å²) in [5.74, 6) is -0.343. The molecule has 0 fully saturated rings. The van der Waals surface area contributed by atoms with Crippen LogP contribution in [0.1, 0.15) is 27.7 Å². The third-order valence-corrected chi connectivity index (χ3v) is 4.29. The minimum atomic E-state index is -0.264. The highest BCUT2D eigenvalue weighted by Gasteiger charge is 2.15. The molecule has 2 rings (SSSR count). The highest BCUT2D eigenvalue weighted by molar-refractivity contribution is 7.12. The van der Waals surface area contributed by atoms with E-state index in [9.17, 15) is 9.18 Å². The molecule has 0 bridgehead atoms. The number of hydrogen-bond acceptors (Lipinski definition) is 4. The van der Waals surface area contributed by atoms with Crippen LogP contribution in [0, 0.1) is 5.82 Å². The first-order valence-electron chi connectivity index (χ1n) is 6.78. The van der Waals surface area contributed by atoms with E-state index in [4.69, 9.17) is 5.21 Å². The van der Waals surface area contributed by atoms with Crippen LogP contribution in [0.15, 0.2) is 40.9 Å². The van der Waals surface area contributed by atoms with Gasteiger partial charge in [0.25, 0.3) is 5.91 Å². The average Bonchev–Trinajstić information content (AvgIpc) is 3.02. The van der Waals surface area contributed by atoms with Crippen molar-refractivity contribution < 1.29 is 14.4 Å². The second-order valence-corrected chi connectivity index (χ2v) is 5.90. The molecule has 116 valence electrons. The van der Waals surface area contributed by atoms with Crippen LogP contribution in [0.4, 0.5) is 4.39 Å². The number of amides is 1. The molecule has 1 aromatic heterocycles. The van der Waals surface area contributed by atoms with Gasteiger partial charge in [-0.15, -0.1) is 11.3 Å². The summed E-state index contributed by atoms with van der Waals surface area (Å²) < 4.78 is 12.8. The fourth-order valence-electron chi connectivity index (χ4n) is 1.93. The van der Waals surface area contributed by atoms with E-state index in [0.29, 0.717) is 23.6 Å². The molecule has 0 unspecified atom stereocenters. The van der Waals surface area contributed by atoms with Crippen LogP contribution in [0.5, 0.6) is 0 Å². The van der Waals surface area contributed by atoms with Crippen molar-refractivity contribution in [1.29, 1.82) is 0 Å². The van der Waals surface area contributed by atoms with Crippen LogP contribution < -0.4 is 0 Å². The molecule has 2 aromatic rings. The maximum Gasteiger partial charge on any atom is 0.263 e. The molecule has 22 heavy (non-hydrogen) atoms. The topological polar surface area (TPSA) is 52.9 Å². The van der Waals surface area contributed by atoms with Gasteiger partial charge in [-0.05, 0) is 37.1 Å². The van der Waals surface area contributed by atoms with Crippen molar-refractivity contribution in [2.75, 3.05) is 13.6 Å². The van der Waals surface area contributed by atoms with Gasteiger partial charge in [0, 0.05) is 24.5 Å². The van der Waals surface area contributed by atoms with E-state index in [-0.39, 0.29) is 11.7 Å². The molecule has 1 N–H and O–H groups in total. The maximum absolute atomic E-state index is 12.8. The highest BCUT2D eigenvalue weighted by atomic mass is 32.1. The lowest BCUT2D eigenvalue weighted by atomic mass is 10.1. The van der Waals surface area contributed by atoms with Crippen molar-refractivity contribution in [3.05, 3.63) is 57.5 Å². The van der Waals surface area contributed by atoms with Crippen LogP contribution in [0.3, 0.4) is 0 Å². The van der Waals surface area contributed by atoms with Crippen LogP contribution in [-0.2, 0) is 6.42 Å². The van der Waals surface area contributed by atoms with E-state index in [1.54, 1.807) is 42.5 Å². The summed E-state index contributed by atoms with van der Waals surface area (Å²) in [6.45, 7) is 2.22. The molecule has 1 heterocycles. The van der Waals surface area contributed by atoms with E-state index in [1.165, 1.54) is 23.5 Å². The van der Waals surface area contributed by atoms with Crippen molar-refractivity contribution in [2.24, 2.45) is 5.16 Å². The summed E-state index contributed by atoms with van der Waals surface area (Å²) in [7, 11) is 1.73. The maximum atomic E-state index is 12.8. The summed E-state index contributed by atoms with van der Waals surface area (Å²) in [4.78, 5) is 14.5. The highest BCUT2D eigenvalue weighted by Crippen LogP contribution is 2.17. The predicted molar refractivity (Wildman–Crippen MR) is 85.4 cm³/mol. The summed E-state index contributed by atoms with van der Waals surface area (Å²) in [5.41, 5.74) is 2.20. The van der Waals surface area contributed by atoms with Crippen LogP contribution in [-0.4, -0.2) is 35.3 Å². The number of oxime groups is 1. The summed E-state index contributed by atoms with van der Waals surface area (Å²) in [6.07, 6.45) is 0.665. The van der Waals surface area contributed by atoms with E-state index in [2.05, 4.69) is 5.16 Å². The smallest absolute Gasteiger partial charge is 0.263 e. The third-order valence-electron chi connectivity index (χ3n) is 3.37. The van der Waals surface area contributed by atoms with Crippen LogP contribution in [0.25, 0.3) is 0 Å². The molecular weight excluding hydrogens is 303 g/mol. The molecule has 1 amide bonds. The van der Waals surface area contributed by atoms with E-state index >= 15 is 0 Å².